The van der Waals surface area contributed by atoms with Crippen molar-refractivity contribution in [2.45, 2.75) is 37.3 Å². The minimum atomic E-state index is -0.293. The number of hydrogen-bond acceptors (Lipinski definition) is 5. The van der Waals surface area contributed by atoms with Gasteiger partial charge in [0.25, 0.3) is 5.22 Å². The number of hydrogen-bond donors (Lipinski definition) is 1. The molecule has 0 fully saturated rings. The minimum absolute atomic E-state index is 0.0262. The molecule has 0 radical (unpaired) electrons. The topological polar surface area (TPSA) is 68.0 Å². The lowest BCUT2D eigenvalue weighted by Crippen LogP contribution is -2.35. The predicted octanol–water partition coefficient (Wildman–Crippen LogP) is 4.09. The standard InChI is InChI=1S/C21H23N3O2S/c1-15(2)19(20(25)22-14-17-11-7-4-8-12-17)27-21-24-23-18(26-21)13-16-9-5-3-6-10-16/h3-12,15,19H,13-14H2,1-2H3,(H,22,25). The monoisotopic (exact) mass is 381 g/mol. The van der Waals surface area contributed by atoms with Crippen LogP contribution in [0.25, 0.3) is 0 Å². The van der Waals surface area contributed by atoms with Crippen LogP contribution in [-0.4, -0.2) is 21.4 Å². The number of amides is 1. The van der Waals surface area contributed by atoms with Crippen molar-refractivity contribution in [3.63, 3.8) is 0 Å². The third kappa shape index (κ3) is 5.69. The summed E-state index contributed by atoms with van der Waals surface area (Å²) in [7, 11) is 0. The highest BCUT2D eigenvalue weighted by molar-refractivity contribution is 8.00. The van der Waals surface area contributed by atoms with E-state index in [1.807, 2.05) is 74.5 Å². The maximum absolute atomic E-state index is 12.6. The number of nitrogens with zero attached hydrogens (tertiary/aromatic N) is 2. The van der Waals surface area contributed by atoms with Crippen molar-refractivity contribution in [3.8, 4) is 0 Å². The predicted molar refractivity (Wildman–Crippen MR) is 106 cm³/mol. The molecular formula is C21H23N3O2S. The molecule has 6 heteroatoms. The molecule has 0 aliphatic carbocycles. The SMILES string of the molecule is CC(C)C(Sc1nnc(Cc2ccccc2)o1)C(=O)NCc1ccccc1. The van der Waals surface area contributed by atoms with E-state index >= 15 is 0 Å². The van der Waals surface area contributed by atoms with Crippen LogP contribution in [0.15, 0.2) is 70.3 Å². The highest BCUT2D eigenvalue weighted by atomic mass is 32.2. The quantitative estimate of drug-likeness (QED) is 0.595. The Kier molecular flexibility index (Phi) is 6.65. The van der Waals surface area contributed by atoms with Gasteiger partial charge in [0.1, 0.15) is 0 Å². The fourth-order valence-electron chi connectivity index (χ4n) is 2.61. The number of thioether (sulfide) groups is 1. The maximum Gasteiger partial charge on any atom is 0.277 e. The number of aromatic nitrogens is 2. The van der Waals surface area contributed by atoms with Crippen molar-refractivity contribution in [1.82, 2.24) is 15.5 Å². The molecule has 1 amide bonds. The molecule has 0 spiro atoms. The highest BCUT2D eigenvalue weighted by Crippen LogP contribution is 2.28. The lowest BCUT2D eigenvalue weighted by molar-refractivity contribution is -0.121. The second-order valence-corrected chi connectivity index (χ2v) is 7.70. The fraction of sp³-hybridized carbons (Fsp3) is 0.286. The van der Waals surface area contributed by atoms with Gasteiger partial charge in [-0.25, -0.2) is 0 Å². The molecule has 3 aromatic rings. The van der Waals surface area contributed by atoms with Crippen molar-refractivity contribution >= 4 is 17.7 Å². The van der Waals surface area contributed by atoms with Crippen molar-refractivity contribution in [1.29, 1.82) is 0 Å². The molecule has 0 aliphatic heterocycles. The van der Waals surface area contributed by atoms with E-state index in [1.54, 1.807) is 0 Å². The van der Waals surface area contributed by atoms with Gasteiger partial charge in [-0.3, -0.25) is 4.79 Å². The Hall–Kier alpha value is -2.60. The summed E-state index contributed by atoms with van der Waals surface area (Å²) in [5.41, 5.74) is 2.18. The number of rotatable bonds is 8. The first-order valence-electron chi connectivity index (χ1n) is 8.96. The normalized spacial score (nSPS) is 12.1. The summed E-state index contributed by atoms with van der Waals surface area (Å²) in [5.74, 6) is 0.660. The van der Waals surface area contributed by atoms with Gasteiger partial charge in [-0.1, -0.05) is 86.3 Å². The summed E-state index contributed by atoms with van der Waals surface area (Å²) in [4.78, 5) is 12.6. The number of carbonyl (C=O) groups excluding carboxylic acids is 1. The lowest BCUT2D eigenvalue weighted by atomic mass is 10.1. The third-order valence-corrected chi connectivity index (χ3v) is 5.43. The van der Waals surface area contributed by atoms with E-state index in [9.17, 15) is 4.79 Å². The number of carbonyl (C=O) groups is 1. The Morgan fingerprint density at radius 3 is 2.26 bits per heavy atom. The van der Waals surface area contributed by atoms with Gasteiger partial charge in [0.2, 0.25) is 11.8 Å². The third-order valence-electron chi connectivity index (χ3n) is 4.05. The molecule has 3 rings (SSSR count). The van der Waals surface area contributed by atoms with E-state index in [0.717, 1.165) is 11.1 Å². The molecule has 0 saturated heterocycles. The largest absolute Gasteiger partial charge is 0.416 e. The molecule has 1 unspecified atom stereocenters. The minimum Gasteiger partial charge on any atom is -0.416 e. The Balaban J connectivity index is 1.60. The Morgan fingerprint density at radius 2 is 1.63 bits per heavy atom. The Bertz CT molecular complexity index is 850. The van der Waals surface area contributed by atoms with Crippen molar-refractivity contribution in [2.75, 3.05) is 0 Å². The van der Waals surface area contributed by atoms with Gasteiger partial charge in [0.15, 0.2) is 0 Å². The molecule has 0 aliphatic rings. The van der Waals surface area contributed by atoms with Gasteiger partial charge in [-0.05, 0) is 17.0 Å². The fourth-order valence-corrected chi connectivity index (χ4v) is 3.53. The van der Waals surface area contributed by atoms with E-state index in [1.165, 1.54) is 11.8 Å². The van der Waals surface area contributed by atoms with Gasteiger partial charge < -0.3 is 9.73 Å². The molecular weight excluding hydrogens is 358 g/mol. The zero-order valence-electron chi connectivity index (χ0n) is 15.5. The number of nitrogens with one attached hydrogen (secondary N) is 1. The first-order chi connectivity index (χ1) is 13.1. The Labute approximate surface area is 163 Å². The van der Waals surface area contributed by atoms with Crippen LogP contribution in [0.3, 0.4) is 0 Å². The average molecular weight is 382 g/mol. The van der Waals surface area contributed by atoms with E-state index in [2.05, 4.69) is 15.5 Å². The van der Waals surface area contributed by atoms with Crippen LogP contribution < -0.4 is 5.32 Å². The summed E-state index contributed by atoms with van der Waals surface area (Å²) in [6.07, 6.45) is 0.584. The van der Waals surface area contributed by atoms with Crippen molar-refractivity contribution in [3.05, 3.63) is 77.7 Å². The summed E-state index contributed by atoms with van der Waals surface area (Å²) in [6, 6.07) is 19.8. The molecule has 140 valence electrons. The molecule has 5 nitrogen and oxygen atoms in total. The van der Waals surface area contributed by atoms with Gasteiger partial charge >= 0.3 is 0 Å². The van der Waals surface area contributed by atoms with Gasteiger partial charge in [0.05, 0.1) is 11.7 Å². The zero-order valence-corrected chi connectivity index (χ0v) is 16.3. The van der Waals surface area contributed by atoms with Crippen LogP contribution in [0, 0.1) is 5.92 Å². The molecule has 0 saturated carbocycles. The van der Waals surface area contributed by atoms with Gasteiger partial charge in [-0.2, -0.15) is 0 Å². The summed E-state index contributed by atoms with van der Waals surface area (Å²) < 4.78 is 5.74. The van der Waals surface area contributed by atoms with Crippen LogP contribution >= 0.6 is 11.8 Å². The van der Waals surface area contributed by atoms with Gasteiger partial charge in [0, 0.05) is 6.54 Å². The van der Waals surface area contributed by atoms with Gasteiger partial charge in [-0.15, -0.1) is 10.2 Å². The van der Waals surface area contributed by atoms with Crippen LogP contribution in [0.4, 0.5) is 0 Å². The van der Waals surface area contributed by atoms with E-state index < -0.39 is 0 Å². The van der Waals surface area contributed by atoms with Crippen LogP contribution in [0.1, 0.15) is 30.9 Å². The number of benzene rings is 2. The first kappa shape index (κ1) is 19.2. The molecule has 0 bridgehead atoms. The zero-order chi connectivity index (χ0) is 19.1. The smallest absolute Gasteiger partial charge is 0.277 e. The molecule has 2 aromatic carbocycles. The second-order valence-electron chi connectivity index (χ2n) is 6.61. The maximum atomic E-state index is 12.6. The molecule has 1 heterocycles. The summed E-state index contributed by atoms with van der Waals surface area (Å²) in [5, 5.41) is 11.3. The first-order valence-corrected chi connectivity index (χ1v) is 9.84. The lowest BCUT2D eigenvalue weighted by Gasteiger charge is -2.18. The van der Waals surface area contributed by atoms with E-state index in [0.29, 0.717) is 24.1 Å². The molecule has 1 N–H and O–H groups in total. The summed E-state index contributed by atoms with van der Waals surface area (Å²) in [6.45, 7) is 4.54. The van der Waals surface area contributed by atoms with Crippen molar-refractivity contribution in [2.24, 2.45) is 5.92 Å². The van der Waals surface area contributed by atoms with Crippen LogP contribution in [0.2, 0.25) is 0 Å². The van der Waals surface area contributed by atoms with E-state index in [-0.39, 0.29) is 17.1 Å². The highest BCUT2D eigenvalue weighted by Gasteiger charge is 2.26. The van der Waals surface area contributed by atoms with Crippen molar-refractivity contribution < 1.29 is 9.21 Å². The molecule has 27 heavy (non-hydrogen) atoms. The second kappa shape index (κ2) is 9.37. The average Bonchev–Trinajstić information content (AvgIpc) is 3.12. The molecule has 1 aromatic heterocycles. The summed E-state index contributed by atoms with van der Waals surface area (Å²) >= 11 is 1.32. The molecule has 1 atom stereocenters. The van der Waals surface area contributed by atoms with E-state index in [4.69, 9.17) is 4.42 Å². The van der Waals surface area contributed by atoms with Crippen LogP contribution in [-0.2, 0) is 17.8 Å². The Morgan fingerprint density at radius 1 is 1.00 bits per heavy atom. The van der Waals surface area contributed by atoms with Crippen LogP contribution in [0.5, 0.6) is 0 Å².